The fourth-order valence-corrected chi connectivity index (χ4v) is 3.81. The van der Waals surface area contributed by atoms with E-state index in [2.05, 4.69) is 40.5 Å². The van der Waals surface area contributed by atoms with Gasteiger partial charge >= 0.3 is 0 Å². The molecule has 4 aromatic rings. The van der Waals surface area contributed by atoms with E-state index in [4.69, 9.17) is 10.1 Å². The summed E-state index contributed by atoms with van der Waals surface area (Å²) in [5, 5.41) is 6.07. The van der Waals surface area contributed by atoms with Crippen molar-refractivity contribution in [3.63, 3.8) is 0 Å². The maximum atomic E-state index is 4.92. The third kappa shape index (κ3) is 2.26. The number of pyridine rings is 2. The van der Waals surface area contributed by atoms with E-state index in [1.165, 1.54) is 16.8 Å². The van der Waals surface area contributed by atoms with E-state index in [9.17, 15) is 0 Å². The Morgan fingerprint density at radius 2 is 1.96 bits per heavy atom. The van der Waals surface area contributed by atoms with Crippen LogP contribution in [-0.4, -0.2) is 19.7 Å². The number of hydrogen-bond donors (Lipinski definition) is 0. The van der Waals surface area contributed by atoms with E-state index in [1.54, 1.807) is 6.08 Å². The van der Waals surface area contributed by atoms with Crippen molar-refractivity contribution in [2.75, 3.05) is 0 Å². The first-order valence-corrected chi connectivity index (χ1v) is 8.89. The summed E-state index contributed by atoms with van der Waals surface area (Å²) in [6.07, 6.45) is 5.84. The van der Waals surface area contributed by atoms with Crippen LogP contribution in [0.5, 0.6) is 0 Å². The number of benzene rings is 1. The molecule has 1 aliphatic heterocycles. The maximum absolute atomic E-state index is 4.92. The molecule has 0 amide bonds. The van der Waals surface area contributed by atoms with Crippen molar-refractivity contribution in [3.8, 4) is 22.5 Å². The molecular weight excluding hydrogens is 320 g/mol. The van der Waals surface area contributed by atoms with Crippen molar-refractivity contribution in [2.45, 2.75) is 19.4 Å². The topological polar surface area (TPSA) is 43.6 Å². The smallest absolute Gasteiger partial charge is 0.119 e. The standard InChI is InChI=1S/C22H18N4/c1-2-15-7-5-10-19(24-15)22-21(20-11-6-14-26(20)25-22)17-12-13-23-18-9-4-3-8-16(17)18/h2-5,7-10,12-13H,1,6,11,14H2. The van der Waals surface area contributed by atoms with E-state index in [0.717, 1.165) is 47.4 Å². The predicted molar refractivity (Wildman–Crippen MR) is 105 cm³/mol. The molecule has 5 rings (SSSR count). The fraction of sp³-hybridized carbons (Fsp3) is 0.136. The molecule has 0 bridgehead atoms. The molecule has 0 saturated carbocycles. The van der Waals surface area contributed by atoms with Crippen LogP contribution in [0, 0.1) is 0 Å². The Morgan fingerprint density at radius 1 is 1.04 bits per heavy atom. The second-order valence-electron chi connectivity index (χ2n) is 6.52. The third-order valence-corrected chi connectivity index (χ3v) is 4.98. The highest BCUT2D eigenvalue weighted by atomic mass is 15.3. The second-order valence-corrected chi connectivity index (χ2v) is 6.52. The summed E-state index contributed by atoms with van der Waals surface area (Å²) in [7, 11) is 0. The van der Waals surface area contributed by atoms with Crippen LogP contribution in [0.15, 0.2) is 61.3 Å². The number of aryl methyl sites for hydroxylation is 1. The monoisotopic (exact) mass is 338 g/mol. The summed E-state index contributed by atoms with van der Waals surface area (Å²) in [5.74, 6) is 0. The first-order valence-electron chi connectivity index (χ1n) is 8.89. The van der Waals surface area contributed by atoms with Crippen molar-refractivity contribution < 1.29 is 0 Å². The normalized spacial score (nSPS) is 13.1. The fourth-order valence-electron chi connectivity index (χ4n) is 3.81. The van der Waals surface area contributed by atoms with E-state index in [1.807, 2.05) is 30.5 Å². The van der Waals surface area contributed by atoms with Gasteiger partial charge in [-0.1, -0.05) is 30.8 Å². The second kappa shape index (κ2) is 5.92. The van der Waals surface area contributed by atoms with Gasteiger partial charge in [-0.25, -0.2) is 4.98 Å². The largest absolute Gasteiger partial charge is 0.268 e. The SMILES string of the molecule is C=Cc1cccc(-c2nn3c(c2-c2ccnc4ccccc24)CCC3)n1. The van der Waals surface area contributed by atoms with E-state index >= 15 is 0 Å². The van der Waals surface area contributed by atoms with Crippen molar-refractivity contribution in [1.82, 2.24) is 19.7 Å². The average molecular weight is 338 g/mol. The molecule has 0 unspecified atom stereocenters. The van der Waals surface area contributed by atoms with Crippen LogP contribution >= 0.6 is 0 Å². The summed E-state index contributed by atoms with van der Waals surface area (Å²) in [6, 6.07) is 16.4. The van der Waals surface area contributed by atoms with Crippen LogP contribution in [0.4, 0.5) is 0 Å². The van der Waals surface area contributed by atoms with Gasteiger partial charge < -0.3 is 0 Å². The quantitative estimate of drug-likeness (QED) is 0.541. The molecule has 3 aromatic heterocycles. The van der Waals surface area contributed by atoms with Crippen molar-refractivity contribution in [2.24, 2.45) is 0 Å². The minimum atomic E-state index is 0.862. The summed E-state index contributed by atoms with van der Waals surface area (Å²) in [4.78, 5) is 9.25. The van der Waals surface area contributed by atoms with Crippen LogP contribution in [0.3, 0.4) is 0 Å². The number of hydrogen-bond acceptors (Lipinski definition) is 3. The van der Waals surface area contributed by atoms with Gasteiger partial charge in [-0.15, -0.1) is 0 Å². The first-order chi connectivity index (χ1) is 12.8. The van der Waals surface area contributed by atoms with Gasteiger partial charge in [0.05, 0.1) is 16.9 Å². The molecule has 4 nitrogen and oxygen atoms in total. The molecule has 4 heteroatoms. The Bertz CT molecular complexity index is 1130. The molecule has 4 heterocycles. The molecule has 1 aliphatic rings. The molecule has 0 aliphatic carbocycles. The van der Waals surface area contributed by atoms with Crippen LogP contribution in [-0.2, 0) is 13.0 Å². The lowest BCUT2D eigenvalue weighted by atomic mass is 9.96. The predicted octanol–water partition coefficient (Wildman–Crippen LogP) is 4.75. The van der Waals surface area contributed by atoms with Crippen LogP contribution in [0.1, 0.15) is 17.8 Å². The molecule has 0 fully saturated rings. The molecule has 1 aromatic carbocycles. The van der Waals surface area contributed by atoms with Crippen molar-refractivity contribution in [3.05, 3.63) is 72.7 Å². The number of nitrogens with zero attached hydrogens (tertiary/aromatic N) is 4. The summed E-state index contributed by atoms with van der Waals surface area (Å²) >= 11 is 0. The van der Waals surface area contributed by atoms with Gasteiger partial charge in [-0.2, -0.15) is 5.10 Å². The number of fused-ring (bicyclic) bond motifs is 2. The van der Waals surface area contributed by atoms with Crippen molar-refractivity contribution >= 4 is 17.0 Å². The lowest BCUT2D eigenvalue weighted by molar-refractivity contribution is 0.658. The van der Waals surface area contributed by atoms with Gasteiger partial charge in [0.15, 0.2) is 0 Å². The third-order valence-electron chi connectivity index (χ3n) is 4.98. The minimum absolute atomic E-state index is 0.862. The maximum Gasteiger partial charge on any atom is 0.119 e. The zero-order valence-corrected chi connectivity index (χ0v) is 14.4. The van der Waals surface area contributed by atoms with Gasteiger partial charge in [0.1, 0.15) is 5.69 Å². The average Bonchev–Trinajstić information content (AvgIpc) is 3.29. The molecular formula is C22H18N4. The summed E-state index contributed by atoms with van der Waals surface area (Å²) in [6.45, 7) is 4.81. The van der Waals surface area contributed by atoms with Crippen LogP contribution < -0.4 is 0 Å². The van der Waals surface area contributed by atoms with Gasteiger partial charge in [0.2, 0.25) is 0 Å². The van der Waals surface area contributed by atoms with E-state index in [0.29, 0.717) is 0 Å². The van der Waals surface area contributed by atoms with E-state index in [-0.39, 0.29) is 0 Å². The number of aromatic nitrogens is 4. The van der Waals surface area contributed by atoms with Gasteiger partial charge in [-0.3, -0.25) is 9.67 Å². The Balaban J connectivity index is 1.82. The molecule has 0 atom stereocenters. The highest BCUT2D eigenvalue weighted by Gasteiger charge is 2.25. The van der Waals surface area contributed by atoms with Gasteiger partial charge in [0, 0.05) is 29.4 Å². The minimum Gasteiger partial charge on any atom is -0.268 e. The number of para-hydroxylation sites is 1. The Morgan fingerprint density at radius 3 is 2.88 bits per heavy atom. The first kappa shape index (κ1) is 15.0. The molecule has 0 N–H and O–H groups in total. The highest BCUT2D eigenvalue weighted by Crippen LogP contribution is 2.39. The molecule has 0 saturated heterocycles. The van der Waals surface area contributed by atoms with Crippen LogP contribution in [0.25, 0.3) is 39.5 Å². The van der Waals surface area contributed by atoms with Crippen molar-refractivity contribution in [1.29, 1.82) is 0 Å². The van der Waals surface area contributed by atoms with Gasteiger partial charge in [-0.05, 0) is 48.7 Å². The Hall–Kier alpha value is -3.27. The molecule has 0 radical (unpaired) electrons. The molecule has 126 valence electrons. The summed E-state index contributed by atoms with van der Waals surface area (Å²) < 4.78 is 2.14. The van der Waals surface area contributed by atoms with Gasteiger partial charge in [0.25, 0.3) is 0 Å². The zero-order valence-electron chi connectivity index (χ0n) is 14.4. The summed E-state index contributed by atoms with van der Waals surface area (Å²) in [5.41, 5.74) is 7.36. The van der Waals surface area contributed by atoms with E-state index < -0.39 is 0 Å². The number of rotatable bonds is 3. The Kier molecular flexibility index (Phi) is 3.42. The molecule has 0 spiro atoms. The Labute approximate surface area is 151 Å². The van der Waals surface area contributed by atoms with Crippen LogP contribution in [0.2, 0.25) is 0 Å². The lowest BCUT2D eigenvalue weighted by Gasteiger charge is -2.09. The zero-order chi connectivity index (χ0) is 17.5. The lowest BCUT2D eigenvalue weighted by Crippen LogP contribution is -1.95. The highest BCUT2D eigenvalue weighted by molar-refractivity contribution is 5.98. The molecule has 26 heavy (non-hydrogen) atoms.